The quantitative estimate of drug-likeness (QED) is 0.766. The van der Waals surface area contributed by atoms with Crippen LogP contribution in [0.4, 0.5) is 11.4 Å². The fourth-order valence-electron chi connectivity index (χ4n) is 1.54. The first kappa shape index (κ1) is 10.2. The molecule has 0 unspecified atom stereocenters. The number of rotatable bonds is 2. The van der Waals surface area contributed by atoms with Gasteiger partial charge in [0.15, 0.2) is 0 Å². The molecule has 0 fully saturated rings. The summed E-state index contributed by atoms with van der Waals surface area (Å²) in [4.78, 5) is 4.45. The lowest BCUT2D eigenvalue weighted by atomic mass is 10.2. The fraction of sp³-hybridized carbons (Fsp3) is 0.364. The van der Waals surface area contributed by atoms with Crippen LogP contribution in [-0.4, -0.2) is 11.0 Å². The van der Waals surface area contributed by atoms with Gasteiger partial charge in [-0.2, -0.15) is 0 Å². The number of anilines is 2. The van der Waals surface area contributed by atoms with E-state index in [2.05, 4.69) is 24.1 Å². The number of nitrogens with one attached hydrogen (secondary N) is 1. The Bertz CT molecular complexity index is 488. The lowest BCUT2D eigenvalue weighted by Gasteiger charge is -2.12. The number of hydrogen-bond donors (Lipinski definition) is 2. The van der Waals surface area contributed by atoms with Crippen molar-refractivity contribution in [1.82, 2.24) is 4.98 Å². The van der Waals surface area contributed by atoms with E-state index in [-0.39, 0.29) is 0 Å². The molecule has 2 rings (SSSR count). The first-order chi connectivity index (χ1) is 7.06. The van der Waals surface area contributed by atoms with Crippen molar-refractivity contribution >= 4 is 32.9 Å². The van der Waals surface area contributed by atoms with Crippen LogP contribution < -0.4 is 11.1 Å². The summed E-state index contributed by atoms with van der Waals surface area (Å²) in [6.45, 7) is 6.20. The molecule has 0 amide bonds. The zero-order valence-corrected chi connectivity index (χ0v) is 9.98. The Kier molecular flexibility index (Phi) is 2.52. The normalized spacial score (nSPS) is 11.2. The molecule has 0 spiro atoms. The average Bonchev–Trinajstić information content (AvgIpc) is 2.44. The van der Waals surface area contributed by atoms with Gasteiger partial charge in [0.2, 0.25) is 0 Å². The van der Waals surface area contributed by atoms with E-state index in [1.807, 2.05) is 19.1 Å². The molecule has 1 heterocycles. The maximum absolute atomic E-state index is 5.96. The Morgan fingerprint density at radius 3 is 2.80 bits per heavy atom. The van der Waals surface area contributed by atoms with Gasteiger partial charge in [0.05, 0.1) is 26.6 Å². The average molecular weight is 221 g/mol. The number of thiazole rings is 1. The van der Waals surface area contributed by atoms with E-state index in [1.165, 1.54) is 0 Å². The molecule has 0 saturated heterocycles. The number of aryl methyl sites for hydroxylation is 1. The topological polar surface area (TPSA) is 50.9 Å². The van der Waals surface area contributed by atoms with Crippen LogP contribution in [0.1, 0.15) is 18.9 Å². The summed E-state index contributed by atoms with van der Waals surface area (Å²) in [6.07, 6.45) is 0. The number of nitrogen functional groups attached to an aromatic ring is 1. The summed E-state index contributed by atoms with van der Waals surface area (Å²) >= 11 is 1.67. The highest BCUT2D eigenvalue weighted by Crippen LogP contribution is 2.29. The van der Waals surface area contributed by atoms with Crippen LogP contribution in [0.15, 0.2) is 12.1 Å². The van der Waals surface area contributed by atoms with Crippen LogP contribution in [0.2, 0.25) is 0 Å². The molecule has 0 radical (unpaired) electrons. The van der Waals surface area contributed by atoms with Gasteiger partial charge in [-0.05, 0) is 32.9 Å². The third kappa shape index (κ3) is 2.04. The second kappa shape index (κ2) is 3.70. The molecule has 0 aliphatic carbocycles. The Labute approximate surface area is 93.3 Å². The molecule has 4 heteroatoms. The standard InChI is InChI=1S/C11H15N3S/c1-6(2)13-9-5-10-11(4-8(9)12)15-7(3)14-10/h4-6,13H,12H2,1-3H3. The molecule has 0 aliphatic heterocycles. The van der Waals surface area contributed by atoms with Gasteiger partial charge in [-0.3, -0.25) is 0 Å². The molecule has 80 valence electrons. The van der Waals surface area contributed by atoms with Gasteiger partial charge in [-0.1, -0.05) is 0 Å². The molecule has 1 aromatic carbocycles. The molecule has 0 bridgehead atoms. The lowest BCUT2D eigenvalue weighted by Crippen LogP contribution is -2.11. The van der Waals surface area contributed by atoms with Crippen molar-refractivity contribution in [3.63, 3.8) is 0 Å². The fourth-order valence-corrected chi connectivity index (χ4v) is 2.40. The van der Waals surface area contributed by atoms with Crippen molar-refractivity contribution in [3.05, 3.63) is 17.1 Å². The zero-order chi connectivity index (χ0) is 11.0. The van der Waals surface area contributed by atoms with Gasteiger partial charge in [0, 0.05) is 6.04 Å². The van der Waals surface area contributed by atoms with E-state index in [0.29, 0.717) is 6.04 Å². The molecule has 0 aliphatic rings. The predicted molar refractivity (Wildman–Crippen MR) is 67.5 cm³/mol. The number of hydrogen-bond acceptors (Lipinski definition) is 4. The van der Waals surface area contributed by atoms with Gasteiger partial charge in [0.25, 0.3) is 0 Å². The van der Waals surface area contributed by atoms with E-state index >= 15 is 0 Å². The van der Waals surface area contributed by atoms with Crippen molar-refractivity contribution < 1.29 is 0 Å². The summed E-state index contributed by atoms with van der Waals surface area (Å²) in [5, 5.41) is 4.39. The van der Waals surface area contributed by atoms with E-state index in [0.717, 1.165) is 26.6 Å². The molecule has 3 nitrogen and oxygen atoms in total. The van der Waals surface area contributed by atoms with Crippen molar-refractivity contribution in [2.75, 3.05) is 11.1 Å². The number of aromatic nitrogens is 1. The number of fused-ring (bicyclic) bond motifs is 1. The van der Waals surface area contributed by atoms with E-state index in [9.17, 15) is 0 Å². The van der Waals surface area contributed by atoms with Crippen LogP contribution in [0, 0.1) is 6.92 Å². The molecule has 2 aromatic rings. The van der Waals surface area contributed by atoms with Gasteiger partial charge >= 0.3 is 0 Å². The maximum Gasteiger partial charge on any atom is 0.0907 e. The minimum atomic E-state index is 0.379. The minimum Gasteiger partial charge on any atom is -0.397 e. The molecule has 3 N–H and O–H groups in total. The molecule has 1 aromatic heterocycles. The smallest absolute Gasteiger partial charge is 0.0907 e. The highest BCUT2D eigenvalue weighted by atomic mass is 32.1. The SMILES string of the molecule is Cc1nc2cc(NC(C)C)c(N)cc2s1. The third-order valence-electron chi connectivity index (χ3n) is 2.11. The van der Waals surface area contributed by atoms with Crippen LogP contribution in [0.3, 0.4) is 0 Å². The first-order valence-corrected chi connectivity index (χ1v) is 5.81. The van der Waals surface area contributed by atoms with Gasteiger partial charge in [-0.25, -0.2) is 4.98 Å². The monoisotopic (exact) mass is 221 g/mol. The number of nitrogens with zero attached hydrogens (tertiary/aromatic N) is 1. The largest absolute Gasteiger partial charge is 0.397 e. The van der Waals surface area contributed by atoms with Gasteiger partial charge < -0.3 is 11.1 Å². The molecule has 15 heavy (non-hydrogen) atoms. The molecule has 0 atom stereocenters. The Balaban J connectivity index is 2.51. The van der Waals surface area contributed by atoms with Crippen LogP contribution >= 0.6 is 11.3 Å². The summed E-state index contributed by atoms with van der Waals surface area (Å²) in [6, 6.07) is 4.39. The molecular weight excluding hydrogens is 206 g/mol. The van der Waals surface area contributed by atoms with Crippen LogP contribution in [0.25, 0.3) is 10.2 Å². The highest BCUT2D eigenvalue weighted by molar-refractivity contribution is 7.18. The van der Waals surface area contributed by atoms with Gasteiger partial charge in [0.1, 0.15) is 0 Å². The number of benzene rings is 1. The van der Waals surface area contributed by atoms with Crippen molar-refractivity contribution in [1.29, 1.82) is 0 Å². The second-order valence-corrected chi connectivity index (χ2v) is 5.17. The third-order valence-corrected chi connectivity index (χ3v) is 3.04. The summed E-state index contributed by atoms with van der Waals surface area (Å²) in [5.74, 6) is 0. The predicted octanol–water partition coefficient (Wildman–Crippen LogP) is 3.01. The van der Waals surface area contributed by atoms with Crippen molar-refractivity contribution in [2.45, 2.75) is 26.8 Å². The lowest BCUT2D eigenvalue weighted by molar-refractivity contribution is 0.901. The highest BCUT2D eigenvalue weighted by Gasteiger charge is 2.06. The van der Waals surface area contributed by atoms with E-state index in [1.54, 1.807) is 11.3 Å². The van der Waals surface area contributed by atoms with Gasteiger partial charge in [-0.15, -0.1) is 11.3 Å². The molecular formula is C11H15N3S. The summed E-state index contributed by atoms with van der Waals surface area (Å²) in [7, 11) is 0. The van der Waals surface area contributed by atoms with E-state index < -0.39 is 0 Å². The van der Waals surface area contributed by atoms with Crippen LogP contribution in [0.5, 0.6) is 0 Å². The Morgan fingerprint density at radius 1 is 1.40 bits per heavy atom. The van der Waals surface area contributed by atoms with Crippen LogP contribution in [-0.2, 0) is 0 Å². The Morgan fingerprint density at radius 2 is 2.13 bits per heavy atom. The Hall–Kier alpha value is -1.29. The minimum absolute atomic E-state index is 0.379. The summed E-state index contributed by atoms with van der Waals surface area (Å²) < 4.78 is 1.15. The maximum atomic E-state index is 5.96. The van der Waals surface area contributed by atoms with Crippen molar-refractivity contribution in [2.24, 2.45) is 0 Å². The number of nitrogens with two attached hydrogens (primary N) is 1. The van der Waals surface area contributed by atoms with E-state index in [4.69, 9.17) is 5.73 Å². The zero-order valence-electron chi connectivity index (χ0n) is 9.16. The van der Waals surface area contributed by atoms with Crippen molar-refractivity contribution in [3.8, 4) is 0 Å². The molecule has 0 saturated carbocycles. The first-order valence-electron chi connectivity index (χ1n) is 4.99. The summed E-state index contributed by atoms with van der Waals surface area (Å²) in [5.41, 5.74) is 8.75. The second-order valence-electron chi connectivity index (χ2n) is 3.94.